The van der Waals surface area contributed by atoms with Gasteiger partial charge >= 0.3 is 0 Å². The second kappa shape index (κ2) is 7.07. The standard InChI is InChI=1S/C18H20FNO2/c1-13-7-6-8-14(2)18(13)22-12-17(21)20(3)11-15-9-4-5-10-16(15)19/h4-10H,11-12H2,1-3H3. The molecule has 1 amide bonds. The van der Waals surface area contributed by atoms with Crippen molar-refractivity contribution in [3.8, 4) is 5.75 Å². The molecule has 0 radical (unpaired) electrons. The lowest BCUT2D eigenvalue weighted by molar-refractivity contribution is -0.132. The van der Waals surface area contributed by atoms with Crippen LogP contribution >= 0.6 is 0 Å². The van der Waals surface area contributed by atoms with E-state index in [1.165, 1.54) is 11.0 Å². The monoisotopic (exact) mass is 301 g/mol. The number of carbonyl (C=O) groups is 1. The minimum Gasteiger partial charge on any atom is -0.483 e. The lowest BCUT2D eigenvalue weighted by Gasteiger charge is -2.19. The molecule has 0 aromatic heterocycles. The topological polar surface area (TPSA) is 29.5 Å². The number of halogens is 1. The zero-order valence-corrected chi connectivity index (χ0v) is 13.1. The van der Waals surface area contributed by atoms with E-state index in [2.05, 4.69) is 0 Å². The van der Waals surface area contributed by atoms with Crippen LogP contribution in [0.3, 0.4) is 0 Å². The van der Waals surface area contributed by atoms with Crippen LogP contribution in [0.4, 0.5) is 4.39 Å². The molecule has 0 N–H and O–H groups in total. The first-order valence-corrected chi connectivity index (χ1v) is 7.15. The Kier molecular flexibility index (Phi) is 5.15. The molecule has 0 fully saturated rings. The maximum absolute atomic E-state index is 13.6. The lowest BCUT2D eigenvalue weighted by Crippen LogP contribution is -2.31. The van der Waals surface area contributed by atoms with E-state index in [9.17, 15) is 9.18 Å². The highest BCUT2D eigenvalue weighted by atomic mass is 19.1. The van der Waals surface area contributed by atoms with Gasteiger partial charge in [0.15, 0.2) is 6.61 Å². The summed E-state index contributed by atoms with van der Waals surface area (Å²) in [5.41, 5.74) is 2.47. The number of nitrogens with zero attached hydrogens (tertiary/aromatic N) is 1. The Bertz CT molecular complexity index is 650. The summed E-state index contributed by atoms with van der Waals surface area (Å²) in [7, 11) is 1.64. The van der Waals surface area contributed by atoms with E-state index in [1.54, 1.807) is 25.2 Å². The van der Waals surface area contributed by atoms with Gasteiger partial charge in [0.2, 0.25) is 0 Å². The summed E-state index contributed by atoms with van der Waals surface area (Å²) < 4.78 is 19.2. The molecular weight excluding hydrogens is 281 g/mol. The van der Waals surface area contributed by atoms with Gasteiger partial charge in [0.1, 0.15) is 11.6 Å². The molecule has 2 aromatic carbocycles. The van der Waals surface area contributed by atoms with E-state index >= 15 is 0 Å². The number of benzene rings is 2. The van der Waals surface area contributed by atoms with Crippen molar-refractivity contribution >= 4 is 5.91 Å². The number of para-hydroxylation sites is 1. The van der Waals surface area contributed by atoms with Crippen molar-refractivity contribution in [2.45, 2.75) is 20.4 Å². The average Bonchev–Trinajstić information content (AvgIpc) is 2.48. The number of aryl methyl sites for hydroxylation is 2. The quantitative estimate of drug-likeness (QED) is 0.846. The highest BCUT2D eigenvalue weighted by Crippen LogP contribution is 2.22. The fraction of sp³-hybridized carbons (Fsp3) is 0.278. The van der Waals surface area contributed by atoms with Gasteiger partial charge in [-0.3, -0.25) is 4.79 Å². The Labute approximate surface area is 130 Å². The second-order valence-corrected chi connectivity index (χ2v) is 5.35. The number of amides is 1. The Hall–Kier alpha value is -2.36. The van der Waals surface area contributed by atoms with Crippen molar-refractivity contribution in [1.82, 2.24) is 4.90 Å². The first-order valence-electron chi connectivity index (χ1n) is 7.15. The highest BCUT2D eigenvalue weighted by molar-refractivity contribution is 5.77. The molecule has 0 aliphatic heterocycles. The number of likely N-dealkylation sites (N-methyl/N-ethyl adjacent to an activating group) is 1. The first-order chi connectivity index (χ1) is 10.5. The molecule has 116 valence electrons. The summed E-state index contributed by atoms with van der Waals surface area (Å²) >= 11 is 0. The molecule has 0 spiro atoms. The molecule has 0 saturated carbocycles. The third-order valence-corrected chi connectivity index (χ3v) is 3.54. The Morgan fingerprint density at radius 3 is 2.36 bits per heavy atom. The summed E-state index contributed by atoms with van der Waals surface area (Å²) in [6, 6.07) is 12.3. The van der Waals surface area contributed by atoms with Crippen LogP contribution in [0.25, 0.3) is 0 Å². The zero-order chi connectivity index (χ0) is 16.1. The SMILES string of the molecule is Cc1cccc(C)c1OCC(=O)N(C)Cc1ccccc1F. The molecule has 0 bridgehead atoms. The molecule has 22 heavy (non-hydrogen) atoms. The van der Waals surface area contributed by atoms with Gasteiger partial charge in [0, 0.05) is 19.2 Å². The van der Waals surface area contributed by atoms with Crippen LogP contribution in [0.15, 0.2) is 42.5 Å². The summed E-state index contributed by atoms with van der Waals surface area (Å²) in [5, 5.41) is 0. The summed E-state index contributed by atoms with van der Waals surface area (Å²) in [6.07, 6.45) is 0. The molecule has 0 unspecified atom stereocenters. The molecule has 0 atom stereocenters. The molecule has 0 aliphatic carbocycles. The smallest absolute Gasteiger partial charge is 0.260 e. The third kappa shape index (κ3) is 3.85. The van der Waals surface area contributed by atoms with E-state index in [4.69, 9.17) is 4.74 Å². The van der Waals surface area contributed by atoms with E-state index in [0.717, 1.165) is 16.9 Å². The Morgan fingerprint density at radius 2 is 1.73 bits per heavy atom. The zero-order valence-electron chi connectivity index (χ0n) is 13.1. The molecular formula is C18H20FNO2. The van der Waals surface area contributed by atoms with Gasteiger partial charge in [0.05, 0.1) is 0 Å². The Balaban J connectivity index is 1.96. The molecule has 0 heterocycles. The van der Waals surface area contributed by atoms with Crippen molar-refractivity contribution in [2.75, 3.05) is 13.7 Å². The molecule has 2 rings (SSSR count). The average molecular weight is 301 g/mol. The van der Waals surface area contributed by atoms with Gasteiger partial charge in [-0.1, -0.05) is 36.4 Å². The minimum atomic E-state index is -0.308. The molecule has 4 heteroatoms. The maximum atomic E-state index is 13.6. The van der Waals surface area contributed by atoms with E-state index in [0.29, 0.717) is 5.56 Å². The molecule has 3 nitrogen and oxygen atoms in total. The predicted octanol–water partition coefficient (Wildman–Crippen LogP) is 3.48. The van der Waals surface area contributed by atoms with Crippen molar-refractivity contribution in [3.05, 3.63) is 65.0 Å². The predicted molar refractivity (Wildman–Crippen MR) is 84.3 cm³/mol. The minimum absolute atomic E-state index is 0.0589. The van der Waals surface area contributed by atoms with Crippen LogP contribution in [-0.2, 0) is 11.3 Å². The van der Waals surface area contributed by atoms with Gasteiger partial charge in [0.25, 0.3) is 5.91 Å². The second-order valence-electron chi connectivity index (χ2n) is 5.35. The third-order valence-electron chi connectivity index (χ3n) is 3.54. The van der Waals surface area contributed by atoms with Gasteiger partial charge in [-0.25, -0.2) is 4.39 Å². The van der Waals surface area contributed by atoms with Crippen molar-refractivity contribution in [3.63, 3.8) is 0 Å². The first kappa shape index (κ1) is 16.0. The van der Waals surface area contributed by atoms with Crippen LogP contribution < -0.4 is 4.74 Å². The maximum Gasteiger partial charge on any atom is 0.260 e. The molecule has 0 saturated heterocycles. The van der Waals surface area contributed by atoms with Crippen LogP contribution in [0.1, 0.15) is 16.7 Å². The summed E-state index contributed by atoms with van der Waals surface area (Å²) in [4.78, 5) is 13.6. The number of hydrogen-bond acceptors (Lipinski definition) is 2. The summed E-state index contributed by atoms with van der Waals surface area (Å²) in [6.45, 7) is 4.05. The largest absolute Gasteiger partial charge is 0.483 e. The molecule has 2 aromatic rings. The normalized spacial score (nSPS) is 10.4. The number of rotatable bonds is 5. The van der Waals surface area contributed by atoms with Gasteiger partial charge in [-0.05, 0) is 31.0 Å². The fourth-order valence-electron chi connectivity index (χ4n) is 2.24. The van der Waals surface area contributed by atoms with E-state index in [1.807, 2.05) is 32.0 Å². The number of hydrogen-bond donors (Lipinski definition) is 0. The Morgan fingerprint density at radius 1 is 1.09 bits per heavy atom. The van der Waals surface area contributed by atoms with Gasteiger partial charge in [-0.15, -0.1) is 0 Å². The van der Waals surface area contributed by atoms with Crippen LogP contribution in [0, 0.1) is 19.7 Å². The van der Waals surface area contributed by atoms with E-state index in [-0.39, 0.29) is 24.9 Å². The van der Waals surface area contributed by atoms with E-state index < -0.39 is 0 Å². The van der Waals surface area contributed by atoms with Crippen molar-refractivity contribution in [2.24, 2.45) is 0 Å². The number of carbonyl (C=O) groups excluding carboxylic acids is 1. The van der Waals surface area contributed by atoms with Crippen LogP contribution in [0.5, 0.6) is 5.75 Å². The summed E-state index contributed by atoms with van der Waals surface area (Å²) in [5.74, 6) is 0.235. The lowest BCUT2D eigenvalue weighted by atomic mass is 10.1. The van der Waals surface area contributed by atoms with Crippen molar-refractivity contribution in [1.29, 1.82) is 0 Å². The van der Waals surface area contributed by atoms with Gasteiger partial charge < -0.3 is 9.64 Å². The highest BCUT2D eigenvalue weighted by Gasteiger charge is 2.13. The van der Waals surface area contributed by atoms with Gasteiger partial charge in [-0.2, -0.15) is 0 Å². The van der Waals surface area contributed by atoms with Crippen LogP contribution in [-0.4, -0.2) is 24.5 Å². The fourth-order valence-corrected chi connectivity index (χ4v) is 2.24. The molecule has 0 aliphatic rings. The van der Waals surface area contributed by atoms with Crippen molar-refractivity contribution < 1.29 is 13.9 Å². The van der Waals surface area contributed by atoms with Crippen LogP contribution in [0.2, 0.25) is 0 Å². The number of ether oxygens (including phenoxy) is 1.